The number of nitrogens with zero attached hydrogens (tertiary/aromatic N) is 2. The van der Waals surface area contributed by atoms with Gasteiger partial charge in [-0.15, -0.1) is 0 Å². The lowest BCUT2D eigenvalue weighted by molar-refractivity contribution is 0.162. The van der Waals surface area contributed by atoms with Crippen LogP contribution in [0.4, 0.5) is 0 Å². The first-order chi connectivity index (χ1) is 7.39. The predicted octanol–water partition coefficient (Wildman–Crippen LogP) is 1.98. The first kappa shape index (κ1) is 13.5. The zero-order valence-electron chi connectivity index (χ0n) is 11.0. The molecule has 16 heavy (non-hydrogen) atoms. The van der Waals surface area contributed by atoms with Crippen LogP contribution in [0.1, 0.15) is 40.5 Å². The van der Waals surface area contributed by atoms with E-state index in [-0.39, 0.29) is 0 Å². The summed E-state index contributed by atoms with van der Waals surface area (Å²) in [6, 6.07) is 2.79. The van der Waals surface area contributed by atoms with Crippen LogP contribution in [0.2, 0.25) is 0 Å². The molecule has 1 saturated carbocycles. The lowest BCUT2D eigenvalue weighted by Gasteiger charge is -2.34. The first-order valence-corrected chi connectivity index (χ1v) is 6.33. The van der Waals surface area contributed by atoms with Crippen molar-refractivity contribution in [2.24, 2.45) is 17.6 Å². The molecule has 0 saturated heterocycles. The van der Waals surface area contributed by atoms with E-state index in [1.165, 1.54) is 0 Å². The van der Waals surface area contributed by atoms with Gasteiger partial charge < -0.3 is 5.73 Å². The van der Waals surface area contributed by atoms with Crippen LogP contribution in [0.3, 0.4) is 0 Å². The number of rotatable bonds is 6. The van der Waals surface area contributed by atoms with Gasteiger partial charge in [0.25, 0.3) is 0 Å². The van der Waals surface area contributed by atoms with Gasteiger partial charge in [0.05, 0.1) is 6.07 Å². The third-order valence-electron chi connectivity index (χ3n) is 3.31. The molecule has 0 heterocycles. The molecule has 0 radical (unpaired) electrons. The summed E-state index contributed by atoms with van der Waals surface area (Å²) in [4.78, 5) is 2.34. The van der Waals surface area contributed by atoms with Crippen molar-refractivity contribution in [1.82, 2.24) is 4.90 Å². The van der Waals surface area contributed by atoms with Crippen molar-refractivity contribution in [1.29, 1.82) is 5.26 Å². The Labute approximate surface area is 99.6 Å². The highest BCUT2D eigenvalue weighted by atomic mass is 15.2. The molecule has 0 spiro atoms. The smallest absolute Gasteiger partial charge is 0.119 e. The summed E-state index contributed by atoms with van der Waals surface area (Å²) < 4.78 is 0. The topological polar surface area (TPSA) is 53.0 Å². The van der Waals surface area contributed by atoms with E-state index in [0.717, 1.165) is 19.4 Å². The van der Waals surface area contributed by atoms with Crippen LogP contribution in [-0.4, -0.2) is 29.6 Å². The molecule has 0 aromatic heterocycles. The maximum absolute atomic E-state index is 9.26. The van der Waals surface area contributed by atoms with Crippen LogP contribution in [0.5, 0.6) is 0 Å². The molecule has 1 fully saturated rings. The Morgan fingerprint density at radius 2 is 1.94 bits per heavy atom. The molecule has 1 aliphatic carbocycles. The second kappa shape index (κ2) is 5.16. The van der Waals surface area contributed by atoms with Gasteiger partial charge in [-0.1, -0.05) is 13.8 Å². The third-order valence-corrected chi connectivity index (χ3v) is 3.31. The van der Waals surface area contributed by atoms with Crippen molar-refractivity contribution >= 4 is 0 Å². The van der Waals surface area contributed by atoms with E-state index in [2.05, 4.69) is 38.7 Å². The molecule has 1 aliphatic rings. The molecular formula is C13H25N3. The fourth-order valence-electron chi connectivity index (χ4n) is 2.12. The normalized spacial score (nSPS) is 20.2. The maximum atomic E-state index is 9.26. The fraction of sp³-hybridized carbons (Fsp3) is 0.923. The molecule has 0 aromatic rings. The van der Waals surface area contributed by atoms with Gasteiger partial charge in [0, 0.05) is 19.1 Å². The van der Waals surface area contributed by atoms with Crippen molar-refractivity contribution in [3.63, 3.8) is 0 Å². The molecule has 3 heteroatoms. The largest absolute Gasteiger partial charge is 0.312 e. The minimum absolute atomic E-state index is 0.422. The molecule has 0 aliphatic heterocycles. The van der Waals surface area contributed by atoms with Gasteiger partial charge in [-0.2, -0.15) is 5.26 Å². The van der Waals surface area contributed by atoms with E-state index in [0.29, 0.717) is 24.4 Å². The Hall–Kier alpha value is -0.590. The van der Waals surface area contributed by atoms with Crippen LogP contribution >= 0.6 is 0 Å². The van der Waals surface area contributed by atoms with Gasteiger partial charge in [0.2, 0.25) is 0 Å². The van der Waals surface area contributed by atoms with Gasteiger partial charge in [0.15, 0.2) is 0 Å². The van der Waals surface area contributed by atoms with Gasteiger partial charge in [-0.05, 0) is 38.5 Å². The second-order valence-electron chi connectivity index (χ2n) is 5.84. The molecule has 0 aromatic carbocycles. The lowest BCUT2D eigenvalue weighted by atomic mass is 9.94. The standard InChI is InChI=1S/C13H25N3/c1-10(2)7-16(11(3)4)9-13(15,8-14)12-5-6-12/h10-12H,5-7,9,15H2,1-4H3. The van der Waals surface area contributed by atoms with E-state index >= 15 is 0 Å². The molecular weight excluding hydrogens is 198 g/mol. The molecule has 3 nitrogen and oxygen atoms in total. The van der Waals surface area contributed by atoms with Crippen LogP contribution < -0.4 is 5.73 Å². The summed E-state index contributed by atoms with van der Waals surface area (Å²) in [6.45, 7) is 10.5. The van der Waals surface area contributed by atoms with E-state index in [4.69, 9.17) is 5.73 Å². The number of nitrogens with two attached hydrogens (primary N) is 1. The monoisotopic (exact) mass is 223 g/mol. The Morgan fingerprint density at radius 1 is 1.38 bits per heavy atom. The van der Waals surface area contributed by atoms with E-state index < -0.39 is 5.54 Å². The zero-order chi connectivity index (χ0) is 12.3. The van der Waals surface area contributed by atoms with Gasteiger partial charge in [-0.25, -0.2) is 0 Å². The summed E-state index contributed by atoms with van der Waals surface area (Å²) >= 11 is 0. The number of hydrogen-bond acceptors (Lipinski definition) is 3. The van der Waals surface area contributed by atoms with Gasteiger partial charge >= 0.3 is 0 Å². The number of hydrogen-bond donors (Lipinski definition) is 1. The lowest BCUT2D eigenvalue weighted by Crippen LogP contribution is -2.53. The molecule has 1 rings (SSSR count). The average Bonchev–Trinajstić information content (AvgIpc) is 2.99. The van der Waals surface area contributed by atoms with Crippen LogP contribution in [0, 0.1) is 23.2 Å². The minimum atomic E-state index is -0.626. The predicted molar refractivity (Wildman–Crippen MR) is 66.8 cm³/mol. The summed E-state index contributed by atoms with van der Waals surface area (Å²) in [7, 11) is 0. The Morgan fingerprint density at radius 3 is 2.25 bits per heavy atom. The summed E-state index contributed by atoms with van der Waals surface area (Å²) in [5, 5.41) is 9.26. The fourth-order valence-corrected chi connectivity index (χ4v) is 2.12. The second-order valence-corrected chi connectivity index (χ2v) is 5.84. The van der Waals surface area contributed by atoms with Crippen molar-refractivity contribution < 1.29 is 0 Å². The van der Waals surface area contributed by atoms with Crippen LogP contribution in [0.25, 0.3) is 0 Å². The first-order valence-electron chi connectivity index (χ1n) is 6.33. The molecule has 0 bridgehead atoms. The molecule has 92 valence electrons. The SMILES string of the molecule is CC(C)CN(CC(N)(C#N)C1CC1)C(C)C. The van der Waals surface area contributed by atoms with Gasteiger partial charge in [-0.3, -0.25) is 4.90 Å². The summed E-state index contributed by atoms with van der Waals surface area (Å²) in [5.41, 5.74) is 5.59. The quantitative estimate of drug-likeness (QED) is 0.749. The van der Waals surface area contributed by atoms with E-state index in [9.17, 15) is 5.26 Å². The van der Waals surface area contributed by atoms with Gasteiger partial charge in [0.1, 0.15) is 5.54 Å². The summed E-state index contributed by atoms with van der Waals surface area (Å²) in [6.07, 6.45) is 2.25. The zero-order valence-corrected chi connectivity index (χ0v) is 11.0. The van der Waals surface area contributed by atoms with Crippen LogP contribution in [0.15, 0.2) is 0 Å². The van der Waals surface area contributed by atoms with E-state index in [1.54, 1.807) is 0 Å². The minimum Gasteiger partial charge on any atom is -0.312 e. The van der Waals surface area contributed by atoms with Crippen molar-refractivity contribution in [2.75, 3.05) is 13.1 Å². The Kier molecular flexibility index (Phi) is 4.35. The summed E-state index contributed by atoms with van der Waals surface area (Å²) in [5.74, 6) is 1.04. The third kappa shape index (κ3) is 3.47. The Balaban J connectivity index is 2.62. The van der Waals surface area contributed by atoms with Crippen molar-refractivity contribution in [3.8, 4) is 6.07 Å². The van der Waals surface area contributed by atoms with E-state index in [1.807, 2.05) is 0 Å². The highest BCUT2D eigenvalue weighted by Crippen LogP contribution is 2.38. The molecule has 1 atom stereocenters. The highest BCUT2D eigenvalue weighted by Gasteiger charge is 2.43. The Bertz CT molecular complexity index is 263. The maximum Gasteiger partial charge on any atom is 0.119 e. The average molecular weight is 223 g/mol. The van der Waals surface area contributed by atoms with Crippen LogP contribution in [-0.2, 0) is 0 Å². The number of nitriles is 1. The molecule has 0 amide bonds. The van der Waals surface area contributed by atoms with Crippen molar-refractivity contribution in [3.05, 3.63) is 0 Å². The molecule has 1 unspecified atom stereocenters. The molecule has 2 N–H and O–H groups in total. The van der Waals surface area contributed by atoms with Crippen molar-refractivity contribution in [2.45, 2.75) is 52.1 Å². The highest BCUT2D eigenvalue weighted by molar-refractivity contribution is 5.14.